The molecule has 12 heavy (non-hydrogen) atoms. The van der Waals surface area contributed by atoms with E-state index >= 15 is 0 Å². The van der Waals surface area contributed by atoms with Gasteiger partial charge in [-0.3, -0.25) is 0 Å². The van der Waals surface area contributed by atoms with Gasteiger partial charge in [-0.15, -0.1) is 24.8 Å². The van der Waals surface area contributed by atoms with Gasteiger partial charge in [0.05, 0.1) is 0 Å². The average Bonchev–Trinajstić information content (AvgIpc) is 2.44. The number of halogens is 2. The highest BCUT2D eigenvalue weighted by Crippen LogP contribution is 1.78. The van der Waals surface area contributed by atoms with Crippen LogP contribution in [0.4, 0.5) is 0 Å². The molecule has 0 atom stereocenters. The first-order chi connectivity index (χ1) is 4.91. The molecule has 2 N–H and O–H groups in total. The van der Waals surface area contributed by atoms with Crippen LogP contribution >= 0.6 is 24.8 Å². The van der Waals surface area contributed by atoms with Crippen molar-refractivity contribution in [1.82, 2.24) is 4.98 Å². The summed E-state index contributed by atoms with van der Waals surface area (Å²) in [4.78, 5) is 2.86. The van der Waals surface area contributed by atoms with Gasteiger partial charge in [0.25, 0.3) is 0 Å². The number of aliphatic hydroxyl groups is 1. The Labute approximate surface area is 86.2 Å². The topological polar surface area (TPSA) is 36.0 Å². The van der Waals surface area contributed by atoms with E-state index < -0.39 is 0 Å². The third-order valence-corrected chi connectivity index (χ3v) is 1.01. The highest BCUT2D eigenvalue weighted by Gasteiger charge is 1.69. The maximum absolute atomic E-state index is 8.07. The van der Waals surface area contributed by atoms with Gasteiger partial charge < -0.3 is 10.1 Å². The number of aliphatic hydroxyl groups excluding tert-OH is 1. The van der Waals surface area contributed by atoms with Crippen LogP contribution in [0.5, 0.6) is 0 Å². The molecule has 0 aliphatic heterocycles. The molecule has 0 saturated carbocycles. The molecule has 0 unspecified atom stereocenters. The normalized spacial score (nSPS) is 6.83. The lowest BCUT2D eigenvalue weighted by Gasteiger charge is -1.79. The lowest BCUT2D eigenvalue weighted by atomic mass is 10.4. The van der Waals surface area contributed by atoms with Gasteiger partial charge >= 0.3 is 0 Å². The van der Waals surface area contributed by atoms with Crippen molar-refractivity contribution >= 4 is 24.8 Å². The Kier molecular flexibility index (Phi) is 25.3. The molecule has 0 spiro atoms. The number of aromatic amines is 1. The lowest BCUT2D eigenvalue weighted by Crippen LogP contribution is -1.75. The van der Waals surface area contributed by atoms with E-state index in [4.69, 9.17) is 5.11 Å². The van der Waals surface area contributed by atoms with Gasteiger partial charge in [-0.2, -0.15) is 0 Å². The van der Waals surface area contributed by atoms with Crippen LogP contribution < -0.4 is 0 Å². The minimum atomic E-state index is 0. The third kappa shape index (κ3) is 16.4. The molecule has 0 saturated heterocycles. The van der Waals surface area contributed by atoms with Gasteiger partial charge in [0, 0.05) is 19.0 Å². The first-order valence-electron chi connectivity index (χ1n) is 3.60. The zero-order valence-electron chi connectivity index (χ0n) is 7.19. The van der Waals surface area contributed by atoms with Gasteiger partial charge in [-0.05, 0) is 18.6 Å². The van der Waals surface area contributed by atoms with Crippen LogP contribution in [0.15, 0.2) is 24.5 Å². The molecule has 1 rings (SSSR count). The Hall–Kier alpha value is -0.180. The number of aromatic nitrogens is 1. The summed E-state index contributed by atoms with van der Waals surface area (Å²) in [6.07, 6.45) is 5.79. The molecular formula is C8H17Cl2NO. The van der Waals surface area contributed by atoms with Gasteiger partial charge in [-0.1, -0.05) is 13.3 Å². The maximum atomic E-state index is 8.07. The summed E-state index contributed by atoms with van der Waals surface area (Å²) in [5.74, 6) is 0. The van der Waals surface area contributed by atoms with Crippen LogP contribution in [0, 0.1) is 0 Å². The second-order valence-electron chi connectivity index (χ2n) is 1.96. The summed E-state index contributed by atoms with van der Waals surface area (Å²) in [6, 6.07) is 3.89. The van der Waals surface area contributed by atoms with E-state index in [0.29, 0.717) is 6.61 Å². The maximum Gasteiger partial charge on any atom is 0.0430 e. The molecule has 74 valence electrons. The molecule has 1 aromatic heterocycles. The number of H-pyrrole nitrogens is 1. The zero-order valence-corrected chi connectivity index (χ0v) is 8.83. The van der Waals surface area contributed by atoms with Crippen molar-refractivity contribution in [2.45, 2.75) is 19.8 Å². The number of hydrogen-bond donors (Lipinski definition) is 2. The van der Waals surface area contributed by atoms with Crippen LogP contribution in [0.2, 0.25) is 0 Å². The van der Waals surface area contributed by atoms with Gasteiger partial charge in [-0.25, -0.2) is 0 Å². The molecule has 0 aliphatic carbocycles. The largest absolute Gasteiger partial charge is 0.396 e. The molecule has 0 aromatic carbocycles. The predicted octanol–water partition coefficient (Wildman–Crippen LogP) is 2.64. The van der Waals surface area contributed by atoms with Crippen molar-refractivity contribution in [2.24, 2.45) is 0 Å². The fraction of sp³-hybridized carbons (Fsp3) is 0.500. The van der Waals surface area contributed by atoms with E-state index in [1.807, 2.05) is 24.5 Å². The van der Waals surface area contributed by atoms with Crippen molar-refractivity contribution in [3.63, 3.8) is 0 Å². The first-order valence-corrected chi connectivity index (χ1v) is 3.60. The number of unbranched alkanes of at least 4 members (excludes halogenated alkanes) is 1. The van der Waals surface area contributed by atoms with Crippen molar-refractivity contribution in [3.05, 3.63) is 24.5 Å². The summed E-state index contributed by atoms with van der Waals surface area (Å²) in [7, 11) is 0. The van der Waals surface area contributed by atoms with Gasteiger partial charge in [0.15, 0.2) is 0 Å². The lowest BCUT2D eigenvalue weighted by molar-refractivity contribution is 0.287. The molecule has 4 heteroatoms. The number of nitrogens with one attached hydrogen (secondary N) is 1. The zero-order chi connectivity index (χ0) is 7.66. The summed E-state index contributed by atoms with van der Waals surface area (Å²) < 4.78 is 0. The summed E-state index contributed by atoms with van der Waals surface area (Å²) >= 11 is 0. The van der Waals surface area contributed by atoms with E-state index in [0.717, 1.165) is 12.8 Å². The Morgan fingerprint density at radius 2 is 1.67 bits per heavy atom. The molecular weight excluding hydrogens is 197 g/mol. The molecule has 0 radical (unpaired) electrons. The SMILES string of the molecule is CCCCO.Cl.Cl.c1cc[nH]c1. The molecule has 2 nitrogen and oxygen atoms in total. The minimum absolute atomic E-state index is 0. The van der Waals surface area contributed by atoms with Crippen molar-refractivity contribution in [3.8, 4) is 0 Å². The Morgan fingerprint density at radius 3 is 1.75 bits per heavy atom. The highest BCUT2D eigenvalue weighted by atomic mass is 35.5. The summed E-state index contributed by atoms with van der Waals surface area (Å²) in [5.41, 5.74) is 0. The summed E-state index contributed by atoms with van der Waals surface area (Å²) in [6.45, 7) is 2.40. The van der Waals surface area contributed by atoms with E-state index in [2.05, 4.69) is 11.9 Å². The quantitative estimate of drug-likeness (QED) is 0.779. The average molecular weight is 214 g/mol. The van der Waals surface area contributed by atoms with Crippen LogP contribution in [0.3, 0.4) is 0 Å². The molecule has 0 fully saturated rings. The second-order valence-corrected chi connectivity index (χ2v) is 1.96. The minimum Gasteiger partial charge on any atom is -0.396 e. The van der Waals surface area contributed by atoms with Crippen LogP contribution in [0.1, 0.15) is 19.8 Å². The van der Waals surface area contributed by atoms with Crippen molar-refractivity contribution in [1.29, 1.82) is 0 Å². The molecule has 0 aliphatic rings. The number of hydrogen-bond acceptors (Lipinski definition) is 1. The molecule has 1 heterocycles. The molecule has 1 aromatic rings. The Morgan fingerprint density at radius 1 is 1.17 bits per heavy atom. The first kappa shape index (κ1) is 17.8. The van der Waals surface area contributed by atoms with Gasteiger partial charge in [0.1, 0.15) is 0 Å². The summed E-state index contributed by atoms with van der Waals surface area (Å²) in [5, 5.41) is 8.07. The van der Waals surface area contributed by atoms with E-state index in [-0.39, 0.29) is 24.8 Å². The van der Waals surface area contributed by atoms with Gasteiger partial charge in [0.2, 0.25) is 0 Å². The van der Waals surface area contributed by atoms with E-state index in [1.165, 1.54) is 0 Å². The predicted molar refractivity (Wildman–Crippen MR) is 57.3 cm³/mol. The Balaban J connectivity index is -0.000000116. The Bertz CT molecular complexity index is 103. The van der Waals surface area contributed by atoms with E-state index in [9.17, 15) is 0 Å². The highest BCUT2D eigenvalue weighted by molar-refractivity contribution is 5.85. The van der Waals surface area contributed by atoms with E-state index in [1.54, 1.807) is 0 Å². The fourth-order valence-electron chi connectivity index (χ4n) is 0.436. The standard InChI is InChI=1S/C4H5N.C4H10O.2ClH/c1-2-4-5-3-1;1-2-3-4-5;;/h1-5H;5H,2-4H2,1H3;2*1H. The van der Waals surface area contributed by atoms with Crippen LogP contribution in [-0.4, -0.2) is 16.7 Å². The second kappa shape index (κ2) is 17.1. The smallest absolute Gasteiger partial charge is 0.0430 e. The van der Waals surface area contributed by atoms with Crippen LogP contribution in [-0.2, 0) is 0 Å². The van der Waals surface area contributed by atoms with Crippen LogP contribution in [0.25, 0.3) is 0 Å². The van der Waals surface area contributed by atoms with Crippen molar-refractivity contribution < 1.29 is 5.11 Å². The molecule has 0 bridgehead atoms. The number of rotatable bonds is 2. The van der Waals surface area contributed by atoms with Crippen molar-refractivity contribution in [2.75, 3.05) is 6.61 Å². The molecule has 0 amide bonds. The fourth-order valence-corrected chi connectivity index (χ4v) is 0.436. The third-order valence-electron chi connectivity index (χ3n) is 1.01. The monoisotopic (exact) mass is 213 g/mol.